The summed E-state index contributed by atoms with van der Waals surface area (Å²) in [7, 11) is 0. The Morgan fingerprint density at radius 1 is 1.07 bits per heavy atom. The fourth-order valence-electron chi connectivity index (χ4n) is 4.36. The molecular weight excluding hydrogens is 370 g/mol. The normalized spacial score (nSPS) is 21.5. The van der Waals surface area contributed by atoms with E-state index in [2.05, 4.69) is 11.0 Å². The minimum atomic E-state index is -0.357. The summed E-state index contributed by atoms with van der Waals surface area (Å²) in [5, 5.41) is 1.06. The van der Waals surface area contributed by atoms with Gasteiger partial charge in [-0.1, -0.05) is 32.9 Å². The van der Waals surface area contributed by atoms with Crippen LogP contribution in [-0.4, -0.2) is 46.2 Å². The van der Waals surface area contributed by atoms with Gasteiger partial charge in [0.25, 0.3) is 0 Å². The molecule has 1 atom stereocenters. The number of carbonyl (C=O) groups is 2. The molecule has 2 amide bonds. The molecule has 0 radical (unpaired) electrons. The molecule has 2 aliphatic heterocycles. The van der Waals surface area contributed by atoms with Crippen molar-refractivity contribution in [3.63, 3.8) is 0 Å². The molecule has 0 bridgehead atoms. The number of amides is 2. The number of fused-ring (bicyclic) bond motifs is 1. The second kappa shape index (κ2) is 7.47. The molecule has 1 aromatic carbocycles. The molecule has 4 rings (SSSR count). The highest BCUT2D eigenvalue weighted by molar-refractivity contribution is 7.18. The van der Waals surface area contributed by atoms with Crippen LogP contribution in [0.3, 0.4) is 0 Å². The Morgan fingerprint density at radius 2 is 1.79 bits per heavy atom. The predicted octanol–water partition coefficient (Wildman–Crippen LogP) is 4.24. The lowest BCUT2D eigenvalue weighted by Gasteiger charge is -2.37. The van der Waals surface area contributed by atoms with E-state index in [1.807, 2.05) is 43.9 Å². The minimum absolute atomic E-state index is 0.0268. The van der Waals surface area contributed by atoms with Crippen molar-refractivity contribution in [1.29, 1.82) is 0 Å². The number of benzene rings is 1. The fraction of sp³-hybridized carbons (Fsp3) is 0.591. The van der Waals surface area contributed by atoms with Gasteiger partial charge in [0, 0.05) is 31.0 Å². The summed E-state index contributed by atoms with van der Waals surface area (Å²) in [4.78, 5) is 34.6. The van der Waals surface area contributed by atoms with Crippen molar-refractivity contribution in [2.75, 3.05) is 19.6 Å². The number of hydrogen-bond acceptors (Lipinski definition) is 4. The van der Waals surface area contributed by atoms with Gasteiger partial charge in [-0.05, 0) is 37.8 Å². The van der Waals surface area contributed by atoms with Gasteiger partial charge in [0.15, 0.2) is 0 Å². The zero-order chi connectivity index (χ0) is 19.9. The van der Waals surface area contributed by atoms with Crippen molar-refractivity contribution in [1.82, 2.24) is 14.8 Å². The van der Waals surface area contributed by atoms with E-state index in [9.17, 15) is 9.59 Å². The molecule has 3 heterocycles. The van der Waals surface area contributed by atoms with Crippen molar-refractivity contribution < 1.29 is 9.59 Å². The van der Waals surface area contributed by atoms with Gasteiger partial charge in [-0.25, -0.2) is 4.98 Å². The summed E-state index contributed by atoms with van der Waals surface area (Å²) in [6, 6.07) is 8.29. The van der Waals surface area contributed by atoms with Gasteiger partial charge in [0.05, 0.1) is 16.3 Å². The summed E-state index contributed by atoms with van der Waals surface area (Å²) in [6.45, 7) is 8.07. The van der Waals surface area contributed by atoms with Crippen LogP contribution in [0.5, 0.6) is 0 Å². The third kappa shape index (κ3) is 3.66. The number of piperidine rings is 1. The molecule has 2 aliphatic rings. The first kappa shape index (κ1) is 19.4. The number of aromatic nitrogens is 1. The number of nitrogens with zero attached hydrogens (tertiary/aromatic N) is 3. The lowest BCUT2D eigenvalue weighted by molar-refractivity contribution is -0.145. The number of hydrogen-bond donors (Lipinski definition) is 0. The first-order valence-corrected chi connectivity index (χ1v) is 11.1. The summed E-state index contributed by atoms with van der Waals surface area (Å²) in [5.74, 6) is 0.468. The first-order chi connectivity index (χ1) is 13.3. The van der Waals surface area contributed by atoms with Crippen molar-refractivity contribution in [2.45, 2.75) is 52.5 Å². The van der Waals surface area contributed by atoms with Crippen LogP contribution in [0, 0.1) is 11.3 Å². The lowest BCUT2D eigenvalue weighted by atomic mass is 9.90. The van der Waals surface area contributed by atoms with Crippen molar-refractivity contribution in [2.24, 2.45) is 11.3 Å². The molecule has 2 saturated heterocycles. The van der Waals surface area contributed by atoms with Gasteiger partial charge in [-0.3, -0.25) is 9.59 Å². The largest absolute Gasteiger partial charge is 0.342 e. The van der Waals surface area contributed by atoms with Gasteiger partial charge in [0.1, 0.15) is 5.01 Å². The van der Waals surface area contributed by atoms with Crippen LogP contribution in [-0.2, 0) is 9.59 Å². The lowest BCUT2D eigenvalue weighted by Crippen LogP contribution is -2.47. The third-order valence-electron chi connectivity index (χ3n) is 5.90. The maximum atomic E-state index is 13.3. The van der Waals surface area contributed by atoms with Crippen molar-refractivity contribution in [3.8, 4) is 0 Å². The van der Waals surface area contributed by atoms with Crippen LogP contribution >= 0.6 is 11.3 Å². The Labute approximate surface area is 170 Å². The zero-order valence-electron chi connectivity index (χ0n) is 17.0. The van der Waals surface area contributed by atoms with E-state index in [4.69, 9.17) is 4.98 Å². The molecule has 2 fully saturated rings. The Morgan fingerprint density at radius 3 is 2.46 bits per heavy atom. The molecule has 0 N–H and O–H groups in total. The summed E-state index contributed by atoms with van der Waals surface area (Å²) >= 11 is 1.71. The average Bonchev–Trinajstić information content (AvgIpc) is 3.32. The van der Waals surface area contributed by atoms with Crippen LogP contribution < -0.4 is 0 Å². The number of para-hydroxylation sites is 1. The van der Waals surface area contributed by atoms with E-state index < -0.39 is 0 Å². The molecule has 0 spiro atoms. The van der Waals surface area contributed by atoms with Gasteiger partial charge in [-0.2, -0.15) is 0 Å². The van der Waals surface area contributed by atoms with Crippen molar-refractivity contribution >= 4 is 33.4 Å². The number of carbonyl (C=O) groups excluding carboxylic acids is 2. The molecule has 6 heteroatoms. The van der Waals surface area contributed by atoms with Gasteiger partial charge in [0.2, 0.25) is 11.8 Å². The average molecular weight is 400 g/mol. The van der Waals surface area contributed by atoms with Crippen LogP contribution in [0.2, 0.25) is 0 Å². The molecule has 1 aromatic heterocycles. The highest BCUT2D eigenvalue weighted by Gasteiger charge is 2.38. The third-order valence-corrected chi connectivity index (χ3v) is 7.04. The zero-order valence-corrected chi connectivity index (χ0v) is 17.8. The monoisotopic (exact) mass is 399 g/mol. The Balaban J connectivity index is 1.44. The van der Waals surface area contributed by atoms with Gasteiger partial charge < -0.3 is 9.80 Å². The Bertz CT molecular complexity index is 844. The summed E-state index contributed by atoms with van der Waals surface area (Å²) in [5.41, 5.74) is 0.666. The predicted molar refractivity (Wildman–Crippen MR) is 112 cm³/mol. The first-order valence-electron chi connectivity index (χ1n) is 10.3. The van der Waals surface area contributed by atoms with Crippen LogP contribution in [0.15, 0.2) is 24.3 Å². The highest BCUT2D eigenvalue weighted by atomic mass is 32.1. The SMILES string of the molecule is CC(C)(C)C(=O)N1CCC(C(=O)N2CCCC2c2nc3ccccc3s2)CC1. The summed E-state index contributed by atoms with van der Waals surface area (Å²) < 4.78 is 1.19. The molecule has 2 aromatic rings. The van der Waals surface area contributed by atoms with E-state index in [-0.39, 0.29) is 29.2 Å². The van der Waals surface area contributed by atoms with Crippen LogP contribution in [0.25, 0.3) is 10.2 Å². The van der Waals surface area contributed by atoms with Crippen LogP contribution in [0.4, 0.5) is 0 Å². The van der Waals surface area contributed by atoms with Gasteiger partial charge in [-0.15, -0.1) is 11.3 Å². The molecular formula is C22H29N3O2S. The second-order valence-electron chi connectivity index (χ2n) is 9.03. The van der Waals surface area contributed by atoms with Gasteiger partial charge >= 0.3 is 0 Å². The summed E-state index contributed by atoms with van der Waals surface area (Å²) in [6.07, 6.45) is 3.56. The molecule has 0 aliphatic carbocycles. The van der Waals surface area contributed by atoms with E-state index in [1.165, 1.54) is 4.70 Å². The van der Waals surface area contributed by atoms with E-state index in [0.29, 0.717) is 13.1 Å². The molecule has 1 unspecified atom stereocenters. The minimum Gasteiger partial charge on any atom is -0.342 e. The molecule has 150 valence electrons. The Kier molecular flexibility index (Phi) is 5.17. The molecule has 5 nitrogen and oxygen atoms in total. The second-order valence-corrected chi connectivity index (χ2v) is 10.1. The van der Waals surface area contributed by atoms with E-state index in [1.54, 1.807) is 11.3 Å². The smallest absolute Gasteiger partial charge is 0.227 e. The van der Waals surface area contributed by atoms with Crippen LogP contribution in [0.1, 0.15) is 57.5 Å². The van der Waals surface area contributed by atoms with E-state index >= 15 is 0 Å². The standard InChI is InChI=1S/C22H29N3O2S/c1-22(2,3)21(27)24-13-10-15(11-14-24)20(26)25-12-6-8-17(25)19-23-16-7-4-5-9-18(16)28-19/h4-5,7,9,15,17H,6,8,10-14H2,1-3H3. The molecule has 28 heavy (non-hydrogen) atoms. The number of thiazole rings is 1. The molecule has 0 saturated carbocycles. The topological polar surface area (TPSA) is 53.5 Å². The quantitative estimate of drug-likeness (QED) is 0.759. The fourth-order valence-corrected chi connectivity index (χ4v) is 5.47. The Hall–Kier alpha value is -1.95. The maximum Gasteiger partial charge on any atom is 0.227 e. The maximum absolute atomic E-state index is 13.3. The number of rotatable bonds is 2. The van der Waals surface area contributed by atoms with Crippen molar-refractivity contribution in [3.05, 3.63) is 29.3 Å². The highest BCUT2D eigenvalue weighted by Crippen LogP contribution is 2.38. The number of likely N-dealkylation sites (tertiary alicyclic amines) is 2. The van der Waals surface area contributed by atoms with E-state index in [0.717, 1.165) is 42.8 Å².